The number of aromatic nitrogens is 3. The van der Waals surface area contributed by atoms with Crippen molar-refractivity contribution in [3.8, 4) is 5.75 Å². The molecule has 0 amide bonds. The molecule has 2 aromatic heterocycles. The maximum atomic E-state index is 10.1. The minimum absolute atomic E-state index is 0.117. The zero-order chi connectivity index (χ0) is 14.8. The van der Waals surface area contributed by atoms with Crippen LogP contribution in [0.4, 0.5) is 5.69 Å². The molecular formula is C15H16N4O2. The van der Waals surface area contributed by atoms with Crippen molar-refractivity contribution in [3.05, 3.63) is 47.4 Å². The smallest absolute Gasteiger partial charge is 0.142 e. The highest BCUT2D eigenvalue weighted by Crippen LogP contribution is 2.26. The summed E-state index contributed by atoms with van der Waals surface area (Å²) in [6.07, 6.45) is 3.34. The number of nitrogens with zero attached hydrogens (tertiary/aromatic N) is 2. The van der Waals surface area contributed by atoms with Crippen LogP contribution in [-0.4, -0.2) is 25.4 Å². The number of pyridine rings is 1. The van der Waals surface area contributed by atoms with E-state index in [0.29, 0.717) is 23.4 Å². The molecule has 0 saturated carbocycles. The second-order valence-corrected chi connectivity index (χ2v) is 4.85. The van der Waals surface area contributed by atoms with E-state index < -0.39 is 0 Å². The number of aryl methyl sites for hydroxylation is 1. The molecule has 3 rings (SSSR count). The van der Waals surface area contributed by atoms with Gasteiger partial charge in [-0.15, -0.1) is 0 Å². The van der Waals surface area contributed by atoms with Crippen LogP contribution in [0.1, 0.15) is 16.8 Å². The van der Waals surface area contributed by atoms with Crippen molar-refractivity contribution < 1.29 is 10.2 Å². The molecule has 108 valence electrons. The quantitative estimate of drug-likeness (QED) is 0.588. The molecule has 0 fully saturated rings. The van der Waals surface area contributed by atoms with Crippen molar-refractivity contribution in [2.75, 3.05) is 5.32 Å². The number of nitrogens with one attached hydrogen (secondary N) is 2. The molecule has 0 unspecified atom stereocenters. The molecule has 0 aliphatic heterocycles. The van der Waals surface area contributed by atoms with E-state index in [-0.39, 0.29) is 12.4 Å². The molecule has 2 heterocycles. The summed E-state index contributed by atoms with van der Waals surface area (Å²) in [5.41, 5.74) is 3.61. The van der Waals surface area contributed by atoms with E-state index in [1.807, 2.05) is 18.2 Å². The Balaban J connectivity index is 1.91. The molecule has 1 aromatic carbocycles. The number of H-pyrrole nitrogens is 1. The Labute approximate surface area is 121 Å². The van der Waals surface area contributed by atoms with Gasteiger partial charge in [0.05, 0.1) is 29.7 Å². The first kappa shape index (κ1) is 13.4. The lowest BCUT2D eigenvalue weighted by Crippen LogP contribution is -2.06. The van der Waals surface area contributed by atoms with Gasteiger partial charge in [0.25, 0.3) is 0 Å². The predicted octanol–water partition coefficient (Wildman–Crippen LogP) is 2.08. The van der Waals surface area contributed by atoms with Crippen LogP contribution < -0.4 is 5.32 Å². The first-order valence-electron chi connectivity index (χ1n) is 6.64. The Morgan fingerprint density at radius 1 is 1.29 bits per heavy atom. The zero-order valence-corrected chi connectivity index (χ0v) is 11.6. The fraction of sp³-hybridized carbons (Fsp3) is 0.200. The van der Waals surface area contributed by atoms with Gasteiger partial charge in [0.2, 0.25) is 0 Å². The highest BCUT2D eigenvalue weighted by molar-refractivity contribution is 5.89. The van der Waals surface area contributed by atoms with Crippen molar-refractivity contribution in [2.45, 2.75) is 20.1 Å². The topological polar surface area (TPSA) is 94.1 Å². The molecule has 0 bridgehead atoms. The fourth-order valence-electron chi connectivity index (χ4n) is 2.32. The summed E-state index contributed by atoms with van der Waals surface area (Å²) in [5.74, 6) is 0.117. The molecule has 0 aliphatic carbocycles. The summed E-state index contributed by atoms with van der Waals surface area (Å²) in [7, 11) is 0. The second-order valence-electron chi connectivity index (χ2n) is 4.85. The summed E-state index contributed by atoms with van der Waals surface area (Å²) in [6, 6.07) is 5.84. The first-order valence-corrected chi connectivity index (χ1v) is 6.64. The molecule has 6 heteroatoms. The van der Waals surface area contributed by atoms with E-state index in [4.69, 9.17) is 0 Å². The highest BCUT2D eigenvalue weighted by atomic mass is 16.3. The summed E-state index contributed by atoms with van der Waals surface area (Å²) in [5, 5.41) is 30.7. The number of aromatic amines is 1. The average molecular weight is 284 g/mol. The predicted molar refractivity (Wildman–Crippen MR) is 80.0 cm³/mol. The largest absolute Gasteiger partial charge is 0.506 e. The van der Waals surface area contributed by atoms with Gasteiger partial charge in [0, 0.05) is 29.3 Å². The molecule has 0 atom stereocenters. The molecule has 0 saturated heterocycles. The number of para-hydroxylation sites is 1. The van der Waals surface area contributed by atoms with Gasteiger partial charge >= 0.3 is 0 Å². The number of hydrogen-bond acceptors (Lipinski definition) is 5. The number of aromatic hydroxyl groups is 1. The second kappa shape index (κ2) is 5.41. The SMILES string of the molecule is Cc1ncc(CO)c(CNc2cccc3cn[nH]c23)c1O. The molecule has 0 radical (unpaired) electrons. The lowest BCUT2D eigenvalue weighted by molar-refractivity contribution is 0.279. The van der Waals surface area contributed by atoms with Crippen LogP contribution >= 0.6 is 0 Å². The summed E-state index contributed by atoms with van der Waals surface area (Å²) in [4.78, 5) is 4.05. The van der Waals surface area contributed by atoms with Crippen molar-refractivity contribution in [1.29, 1.82) is 0 Å². The average Bonchev–Trinajstić information content (AvgIpc) is 2.98. The third-order valence-electron chi connectivity index (χ3n) is 3.53. The maximum Gasteiger partial charge on any atom is 0.142 e. The van der Waals surface area contributed by atoms with E-state index >= 15 is 0 Å². The molecule has 6 nitrogen and oxygen atoms in total. The lowest BCUT2D eigenvalue weighted by Gasteiger charge is -2.13. The van der Waals surface area contributed by atoms with E-state index in [0.717, 1.165) is 16.6 Å². The van der Waals surface area contributed by atoms with Crippen molar-refractivity contribution in [3.63, 3.8) is 0 Å². The molecule has 4 N–H and O–H groups in total. The Morgan fingerprint density at radius 3 is 2.95 bits per heavy atom. The standard InChI is InChI=1S/C15H16N4O2/c1-9-15(21)12(11(8-20)5-16-9)7-17-13-4-2-3-10-6-18-19-14(10)13/h2-6,17,20-21H,7-8H2,1H3,(H,18,19). The number of rotatable bonds is 4. The highest BCUT2D eigenvalue weighted by Gasteiger charge is 2.12. The normalized spacial score (nSPS) is 11.0. The molecule has 21 heavy (non-hydrogen) atoms. The number of aliphatic hydroxyl groups is 1. The Kier molecular flexibility index (Phi) is 3.45. The number of fused-ring (bicyclic) bond motifs is 1. The minimum Gasteiger partial charge on any atom is -0.506 e. The number of anilines is 1. The Hall–Kier alpha value is -2.60. The van der Waals surface area contributed by atoms with Crippen LogP contribution in [0.5, 0.6) is 5.75 Å². The van der Waals surface area contributed by atoms with Crippen LogP contribution in [0.15, 0.2) is 30.6 Å². The monoisotopic (exact) mass is 284 g/mol. The minimum atomic E-state index is -0.161. The van der Waals surface area contributed by atoms with Crippen molar-refractivity contribution in [2.24, 2.45) is 0 Å². The molecular weight excluding hydrogens is 268 g/mol. The summed E-state index contributed by atoms with van der Waals surface area (Å²) < 4.78 is 0. The van der Waals surface area contributed by atoms with Gasteiger partial charge in [-0.2, -0.15) is 5.10 Å². The third kappa shape index (κ3) is 2.41. The molecule has 3 aromatic rings. The van der Waals surface area contributed by atoms with E-state index in [1.165, 1.54) is 0 Å². The van der Waals surface area contributed by atoms with Crippen molar-refractivity contribution >= 4 is 16.6 Å². The van der Waals surface area contributed by atoms with Gasteiger partial charge in [0.1, 0.15) is 5.75 Å². The zero-order valence-electron chi connectivity index (χ0n) is 11.6. The van der Waals surface area contributed by atoms with Crippen LogP contribution in [0.2, 0.25) is 0 Å². The van der Waals surface area contributed by atoms with Gasteiger partial charge in [-0.25, -0.2) is 0 Å². The van der Waals surface area contributed by atoms with Crippen LogP contribution in [-0.2, 0) is 13.2 Å². The number of benzene rings is 1. The van der Waals surface area contributed by atoms with E-state index in [9.17, 15) is 10.2 Å². The van der Waals surface area contributed by atoms with Crippen LogP contribution in [0.3, 0.4) is 0 Å². The maximum absolute atomic E-state index is 10.1. The molecule has 0 aliphatic rings. The Bertz CT molecular complexity index is 782. The summed E-state index contributed by atoms with van der Waals surface area (Å²) >= 11 is 0. The van der Waals surface area contributed by atoms with Crippen molar-refractivity contribution in [1.82, 2.24) is 15.2 Å². The van der Waals surface area contributed by atoms with Crippen LogP contribution in [0.25, 0.3) is 10.9 Å². The number of aliphatic hydroxyl groups excluding tert-OH is 1. The van der Waals surface area contributed by atoms with Gasteiger partial charge in [-0.1, -0.05) is 12.1 Å². The molecule has 0 spiro atoms. The summed E-state index contributed by atoms with van der Waals surface area (Å²) in [6.45, 7) is 1.96. The first-order chi connectivity index (χ1) is 10.2. The van der Waals surface area contributed by atoms with Gasteiger partial charge in [0.15, 0.2) is 0 Å². The third-order valence-corrected chi connectivity index (χ3v) is 3.53. The van der Waals surface area contributed by atoms with Gasteiger partial charge < -0.3 is 15.5 Å². The van der Waals surface area contributed by atoms with Crippen LogP contribution in [0, 0.1) is 6.92 Å². The van der Waals surface area contributed by atoms with E-state index in [2.05, 4.69) is 20.5 Å². The number of hydrogen-bond donors (Lipinski definition) is 4. The van der Waals surface area contributed by atoms with E-state index in [1.54, 1.807) is 19.3 Å². The Morgan fingerprint density at radius 2 is 2.14 bits per heavy atom. The fourth-order valence-corrected chi connectivity index (χ4v) is 2.32. The van der Waals surface area contributed by atoms with Gasteiger partial charge in [-0.3, -0.25) is 10.1 Å². The van der Waals surface area contributed by atoms with Gasteiger partial charge in [-0.05, 0) is 13.0 Å². The lowest BCUT2D eigenvalue weighted by atomic mass is 10.1.